The number of carbonyl (C=O) groups is 1. The number of nitrogens with zero attached hydrogens (tertiary/aromatic N) is 4. The van der Waals surface area contributed by atoms with Crippen molar-refractivity contribution in [1.29, 1.82) is 5.26 Å². The molecule has 9 heteroatoms. The number of para-hydroxylation sites is 1. The molecule has 0 aliphatic carbocycles. The number of rotatable bonds is 7. The Kier molecular flexibility index (Phi) is 7.77. The standard InChI is InChI=1S/C35H30N4O4S/c1-21(2)43-34(41)31-22(3)37-35-39(32(31)23-13-15-27(42-4)16-14-23)33(40)30(44-35)17-26-20-38(29-12-8-7-11-28(26)29)19-25-10-6-5-9-24(25)18-36/h5-17,20-21,32H,19H2,1-4H3/b30-17+/t32-/m1/s1. The largest absolute Gasteiger partial charge is 0.497 e. The molecule has 0 fully saturated rings. The summed E-state index contributed by atoms with van der Waals surface area (Å²) in [5.74, 6) is 0.166. The predicted octanol–water partition coefficient (Wildman–Crippen LogP) is 5.07. The number of benzene rings is 3. The number of esters is 1. The van der Waals surface area contributed by atoms with E-state index < -0.39 is 12.0 Å². The van der Waals surface area contributed by atoms with Crippen LogP contribution in [0.2, 0.25) is 0 Å². The van der Waals surface area contributed by atoms with Crippen LogP contribution in [-0.4, -0.2) is 28.3 Å². The smallest absolute Gasteiger partial charge is 0.338 e. The third kappa shape index (κ3) is 5.25. The number of thiazole rings is 1. The Morgan fingerprint density at radius 2 is 1.82 bits per heavy atom. The van der Waals surface area contributed by atoms with E-state index in [9.17, 15) is 14.9 Å². The van der Waals surface area contributed by atoms with Crippen molar-refractivity contribution in [1.82, 2.24) is 9.13 Å². The minimum absolute atomic E-state index is 0.247. The second kappa shape index (κ2) is 11.8. The highest BCUT2D eigenvalue weighted by Crippen LogP contribution is 2.32. The van der Waals surface area contributed by atoms with E-state index in [1.807, 2.05) is 85.1 Å². The summed E-state index contributed by atoms with van der Waals surface area (Å²) in [4.78, 5) is 32.8. The van der Waals surface area contributed by atoms with Crippen LogP contribution in [0, 0.1) is 11.3 Å². The molecule has 0 N–H and O–H groups in total. The Bertz CT molecular complexity index is 2160. The molecule has 3 aromatic carbocycles. The van der Waals surface area contributed by atoms with Crippen LogP contribution in [0.1, 0.15) is 49.1 Å². The van der Waals surface area contributed by atoms with Gasteiger partial charge in [-0.3, -0.25) is 9.36 Å². The first-order valence-corrected chi connectivity index (χ1v) is 15.0. The van der Waals surface area contributed by atoms with Gasteiger partial charge in [0.05, 0.1) is 46.7 Å². The van der Waals surface area contributed by atoms with Crippen LogP contribution in [0.5, 0.6) is 5.75 Å². The van der Waals surface area contributed by atoms with Gasteiger partial charge < -0.3 is 14.0 Å². The lowest BCUT2D eigenvalue weighted by Crippen LogP contribution is -2.40. The van der Waals surface area contributed by atoms with Crippen molar-refractivity contribution in [2.75, 3.05) is 7.11 Å². The van der Waals surface area contributed by atoms with E-state index >= 15 is 0 Å². The van der Waals surface area contributed by atoms with Crippen LogP contribution >= 0.6 is 11.3 Å². The minimum Gasteiger partial charge on any atom is -0.497 e. The molecule has 0 amide bonds. The quantitative estimate of drug-likeness (QED) is 0.242. The molecule has 8 nitrogen and oxygen atoms in total. The Balaban J connectivity index is 1.51. The fourth-order valence-electron chi connectivity index (χ4n) is 5.57. The lowest BCUT2D eigenvalue weighted by atomic mass is 9.96. The molecule has 0 bridgehead atoms. The van der Waals surface area contributed by atoms with E-state index in [4.69, 9.17) is 14.5 Å². The van der Waals surface area contributed by atoms with Crippen LogP contribution in [0.4, 0.5) is 0 Å². The highest BCUT2D eigenvalue weighted by molar-refractivity contribution is 7.07. The number of hydrogen-bond donors (Lipinski definition) is 0. The van der Waals surface area contributed by atoms with E-state index in [1.54, 1.807) is 32.4 Å². The number of allylic oxidation sites excluding steroid dienone is 1. The van der Waals surface area contributed by atoms with E-state index in [0.717, 1.165) is 27.6 Å². The summed E-state index contributed by atoms with van der Waals surface area (Å²) in [6.45, 7) is 5.87. The molecule has 0 saturated heterocycles. The van der Waals surface area contributed by atoms with Gasteiger partial charge in [0, 0.05) is 29.2 Å². The van der Waals surface area contributed by atoms with Gasteiger partial charge in [-0.25, -0.2) is 9.79 Å². The third-order valence-electron chi connectivity index (χ3n) is 7.60. The van der Waals surface area contributed by atoms with E-state index in [-0.39, 0.29) is 11.7 Å². The van der Waals surface area contributed by atoms with Gasteiger partial charge in [-0.1, -0.05) is 59.9 Å². The van der Waals surface area contributed by atoms with Crippen molar-refractivity contribution in [3.05, 3.63) is 132 Å². The summed E-state index contributed by atoms with van der Waals surface area (Å²) in [6.07, 6.45) is 3.56. The molecule has 1 aliphatic rings. The zero-order chi connectivity index (χ0) is 31.0. The van der Waals surface area contributed by atoms with Gasteiger partial charge in [0.1, 0.15) is 5.75 Å². The van der Waals surface area contributed by atoms with E-state index in [2.05, 4.69) is 10.6 Å². The predicted molar refractivity (Wildman–Crippen MR) is 170 cm³/mol. The summed E-state index contributed by atoms with van der Waals surface area (Å²) in [6, 6.07) is 24.4. The fourth-order valence-corrected chi connectivity index (χ4v) is 6.61. The Morgan fingerprint density at radius 1 is 1.09 bits per heavy atom. The number of carbonyl (C=O) groups excluding carboxylic acids is 1. The third-order valence-corrected chi connectivity index (χ3v) is 8.58. The van der Waals surface area contributed by atoms with Gasteiger partial charge in [0.15, 0.2) is 4.80 Å². The maximum atomic E-state index is 14.2. The number of aromatic nitrogens is 2. The molecule has 0 spiro atoms. The van der Waals surface area contributed by atoms with Crippen LogP contribution in [0.25, 0.3) is 17.0 Å². The van der Waals surface area contributed by atoms with E-state index in [0.29, 0.717) is 38.5 Å². The summed E-state index contributed by atoms with van der Waals surface area (Å²) in [7, 11) is 1.59. The monoisotopic (exact) mass is 602 g/mol. The number of hydrogen-bond acceptors (Lipinski definition) is 7. The van der Waals surface area contributed by atoms with Gasteiger partial charge >= 0.3 is 5.97 Å². The molecule has 0 unspecified atom stereocenters. The van der Waals surface area contributed by atoms with Gasteiger partial charge in [0.25, 0.3) is 5.56 Å². The molecule has 0 radical (unpaired) electrons. The highest BCUT2D eigenvalue weighted by Gasteiger charge is 2.33. The van der Waals surface area contributed by atoms with E-state index in [1.165, 1.54) is 11.3 Å². The second-order valence-electron chi connectivity index (χ2n) is 10.8. The van der Waals surface area contributed by atoms with Gasteiger partial charge in [-0.15, -0.1) is 0 Å². The van der Waals surface area contributed by atoms with Crippen molar-refractivity contribution in [2.45, 2.75) is 39.5 Å². The zero-order valence-electron chi connectivity index (χ0n) is 24.8. The molecule has 44 heavy (non-hydrogen) atoms. The van der Waals surface area contributed by atoms with Crippen molar-refractivity contribution in [2.24, 2.45) is 4.99 Å². The number of fused-ring (bicyclic) bond motifs is 2. The lowest BCUT2D eigenvalue weighted by molar-refractivity contribution is -0.143. The summed E-state index contributed by atoms with van der Waals surface area (Å²) < 4.78 is 15.1. The molecule has 6 rings (SSSR count). The van der Waals surface area contributed by atoms with Gasteiger partial charge in [0.2, 0.25) is 0 Å². The van der Waals surface area contributed by atoms with Crippen molar-refractivity contribution in [3.63, 3.8) is 0 Å². The molecule has 1 atom stereocenters. The molecule has 2 aromatic heterocycles. The van der Waals surface area contributed by atoms with Crippen molar-refractivity contribution < 1.29 is 14.3 Å². The maximum Gasteiger partial charge on any atom is 0.338 e. The first-order valence-electron chi connectivity index (χ1n) is 14.2. The highest BCUT2D eigenvalue weighted by atomic mass is 32.1. The normalized spacial score (nSPS) is 14.8. The Labute approximate surface area is 258 Å². The number of methoxy groups -OCH3 is 1. The van der Waals surface area contributed by atoms with Gasteiger partial charge in [-0.2, -0.15) is 5.26 Å². The lowest BCUT2D eigenvalue weighted by Gasteiger charge is -2.25. The Morgan fingerprint density at radius 3 is 2.55 bits per heavy atom. The SMILES string of the molecule is COc1ccc([C@@H]2C(C(=O)OC(C)C)=C(C)N=c3s/c(=C/c4cn(Cc5ccccc5C#N)c5ccccc45)c(=O)n32)cc1. The molecule has 220 valence electrons. The van der Waals surface area contributed by atoms with Crippen molar-refractivity contribution >= 4 is 34.3 Å². The van der Waals surface area contributed by atoms with Crippen LogP contribution in [0.15, 0.2) is 100 Å². The molecule has 0 saturated carbocycles. The number of nitriles is 1. The summed E-state index contributed by atoms with van der Waals surface area (Å²) in [5.41, 5.74) is 4.74. The average Bonchev–Trinajstić information content (AvgIpc) is 3.52. The summed E-state index contributed by atoms with van der Waals surface area (Å²) in [5, 5.41) is 10.6. The molecule has 1 aliphatic heterocycles. The molecule has 5 aromatic rings. The zero-order valence-corrected chi connectivity index (χ0v) is 25.6. The first kappa shape index (κ1) is 28.9. The molecular weight excluding hydrogens is 572 g/mol. The summed E-state index contributed by atoms with van der Waals surface area (Å²) >= 11 is 1.29. The minimum atomic E-state index is -0.714. The van der Waals surface area contributed by atoms with Crippen LogP contribution in [-0.2, 0) is 16.1 Å². The number of ether oxygens (including phenoxy) is 2. The van der Waals surface area contributed by atoms with Crippen molar-refractivity contribution in [3.8, 4) is 11.8 Å². The topological polar surface area (TPSA) is 98.6 Å². The second-order valence-corrected chi connectivity index (χ2v) is 11.8. The molecular formula is C35H30N4O4S. The van der Waals surface area contributed by atoms with Gasteiger partial charge in [-0.05, 0) is 62.2 Å². The fraction of sp³-hybridized carbons (Fsp3) is 0.200. The van der Waals surface area contributed by atoms with Crippen LogP contribution in [0.3, 0.4) is 0 Å². The first-order chi connectivity index (χ1) is 21.3. The maximum absolute atomic E-state index is 14.2. The average molecular weight is 603 g/mol. The van der Waals surface area contributed by atoms with Crippen LogP contribution < -0.4 is 19.6 Å². The molecule has 3 heterocycles. The Hall–Kier alpha value is -5.20.